The predicted octanol–water partition coefficient (Wildman–Crippen LogP) is 2.40. The maximum atomic E-state index is 12.3. The second-order valence-electron chi connectivity index (χ2n) is 7.10. The summed E-state index contributed by atoms with van der Waals surface area (Å²) >= 11 is 0. The van der Waals surface area contributed by atoms with E-state index in [0.29, 0.717) is 12.5 Å². The van der Waals surface area contributed by atoms with Crippen LogP contribution in [0.2, 0.25) is 0 Å². The van der Waals surface area contributed by atoms with E-state index in [9.17, 15) is 9.59 Å². The number of carboxylic acids is 1. The van der Waals surface area contributed by atoms with Crippen molar-refractivity contribution < 1.29 is 14.7 Å². The second kappa shape index (κ2) is 8.34. The highest BCUT2D eigenvalue weighted by Crippen LogP contribution is 2.20. The van der Waals surface area contributed by atoms with Crippen LogP contribution in [0, 0.1) is 5.92 Å². The zero-order chi connectivity index (χ0) is 17.6. The molecule has 3 rings (SSSR count). The first-order valence-electron chi connectivity index (χ1n) is 9.19. The number of nitrogens with zero attached hydrogens (tertiary/aromatic N) is 2. The molecule has 2 fully saturated rings. The Kier molecular flexibility index (Phi) is 5.91. The van der Waals surface area contributed by atoms with E-state index in [-0.39, 0.29) is 11.6 Å². The Hall–Kier alpha value is -2.08. The maximum absolute atomic E-state index is 12.3. The van der Waals surface area contributed by atoms with Crippen LogP contribution in [0.5, 0.6) is 0 Å². The molecule has 2 saturated heterocycles. The fraction of sp³-hybridized carbons (Fsp3) is 0.579. The Bertz CT molecular complexity index is 606. The van der Waals surface area contributed by atoms with E-state index < -0.39 is 5.97 Å². The predicted molar refractivity (Wildman–Crippen MR) is 95.6 cm³/mol. The number of urea groups is 1. The number of carbonyl (C=O) groups excluding carboxylic acids is 1. The summed E-state index contributed by atoms with van der Waals surface area (Å²) in [6.45, 7) is 5.61. The van der Waals surface area contributed by atoms with Gasteiger partial charge in [0.15, 0.2) is 0 Å². The summed E-state index contributed by atoms with van der Waals surface area (Å²) in [4.78, 5) is 27.8. The highest BCUT2D eigenvalue weighted by molar-refractivity contribution is 5.87. The van der Waals surface area contributed by atoms with Gasteiger partial charge in [0.2, 0.25) is 0 Å². The molecule has 25 heavy (non-hydrogen) atoms. The first-order chi connectivity index (χ1) is 12.1. The largest absolute Gasteiger partial charge is 0.478 e. The van der Waals surface area contributed by atoms with Gasteiger partial charge in [-0.1, -0.05) is 12.1 Å². The number of piperidine rings is 1. The van der Waals surface area contributed by atoms with Crippen molar-refractivity contribution in [2.24, 2.45) is 5.92 Å². The minimum Gasteiger partial charge on any atom is -0.478 e. The Morgan fingerprint density at radius 3 is 2.52 bits per heavy atom. The summed E-state index contributed by atoms with van der Waals surface area (Å²) in [6, 6.07) is 6.63. The van der Waals surface area contributed by atoms with Gasteiger partial charge in [0, 0.05) is 26.2 Å². The van der Waals surface area contributed by atoms with Crippen molar-refractivity contribution >= 4 is 12.0 Å². The zero-order valence-corrected chi connectivity index (χ0v) is 14.6. The summed E-state index contributed by atoms with van der Waals surface area (Å²) in [5.41, 5.74) is 1.05. The first kappa shape index (κ1) is 17.7. The lowest BCUT2D eigenvalue weighted by Gasteiger charge is -2.33. The van der Waals surface area contributed by atoms with E-state index in [1.54, 1.807) is 18.2 Å². The van der Waals surface area contributed by atoms with Crippen LogP contribution in [0.25, 0.3) is 0 Å². The monoisotopic (exact) mass is 345 g/mol. The minimum atomic E-state index is -0.951. The molecule has 1 aromatic rings. The Morgan fingerprint density at radius 2 is 1.84 bits per heavy atom. The first-order valence-corrected chi connectivity index (χ1v) is 9.19. The van der Waals surface area contributed by atoms with Gasteiger partial charge in [-0.15, -0.1) is 0 Å². The molecule has 0 saturated carbocycles. The molecule has 2 amide bonds. The molecule has 0 atom stereocenters. The number of amides is 2. The number of benzene rings is 1. The molecule has 2 heterocycles. The van der Waals surface area contributed by atoms with Gasteiger partial charge in [-0.05, 0) is 62.4 Å². The molecule has 0 spiro atoms. The van der Waals surface area contributed by atoms with Crippen LogP contribution < -0.4 is 5.32 Å². The Morgan fingerprint density at radius 1 is 1.12 bits per heavy atom. The standard InChI is InChI=1S/C19H27N3O3/c23-18(24)17-5-3-4-16(12-17)13-20-19(25)22-10-6-15(7-11-22)14-21-8-1-2-9-21/h3-5,12,15H,1-2,6-11,13-14H2,(H,20,25)(H,23,24). The van der Waals surface area contributed by atoms with E-state index in [1.807, 2.05) is 11.0 Å². The number of hydrogen-bond donors (Lipinski definition) is 2. The van der Waals surface area contributed by atoms with E-state index in [4.69, 9.17) is 5.11 Å². The molecule has 0 unspecified atom stereocenters. The molecule has 1 aromatic carbocycles. The van der Waals surface area contributed by atoms with Crippen molar-refractivity contribution in [1.82, 2.24) is 15.1 Å². The van der Waals surface area contributed by atoms with Crippen LogP contribution in [0.1, 0.15) is 41.6 Å². The number of carboxylic acid groups (broad SMARTS) is 1. The molecule has 2 aliphatic heterocycles. The Labute approximate surface area is 148 Å². The van der Waals surface area contributed by atoms with Gasteiger partial charge in [0.1, 0.15) is 0 Å². The summed E-state index contributed by atoms with van der Waals surface area (Å²) < 4.78 is 0. The van der Waals surface area contributed by atoms with Crippen molar-refractivity contribution in [1.29, 1.82) is 0 Å². The van der Waals surface area contributed by atoms with Gasteiger partial charge in [-0.3, -0.25) is 0 Å². The van der Waals surface area contributed by atoms with E-state index in [2.05, 4.69) is 10.2 Å². The van der Waals surface area contributed by atoms with E-state index in [1.165, 1.54) is 32.5 Å². The zero-order valence-electron chi connectivity index (χ0n) is 14.6. The van der Waals surface area contributed by atoms with Gasteiger partial charge < -0.3 is 20.2 Å². The summed E-state index contributed by atoms with van der Waals surface area (Å²) in [6.07, 6.45) is 4.78. The van der Waals surface area contributed by atoms with Crippen molar-refractivity contribution in [2.75, 3.05) is 32.7 Å². The molecule has 6 heteroatoms. The number of rotatable bonds is 5. The van der Waals surface area contributed by atoms with Crippen LogP contribution in [-0.4, -0.2) is 59.6 Å². The normalized spacial score (nSPS) is 19.1. The average Bonchev–Trinajstić information content (AvgIpc) is 3.13. The molecule has 0 radical (unpaired) electrons. The average molecular weight is 345 g/mol. The molecule has 0 aliphatic carbocycles. The maximum Gasteiger partial charge on any atom is 0.335 e. The number of nitrogens with one attached hydrogen (secondary N) is 1. The molecule has 136 valence electrons. The number of aromatic carboxylic acids is 1. The highest BCUT2D eigenvalue weighted by atomic mass is 16.4. The lowest BCUT2D eigenvalue weighted by Crippen LogP contribution is -2.45. The number of likely N-dealkylation sites (tertiary alicyclic amines) is 2. The third-order valence-corrected chi connectivity index (χ3v) is 5.23. The van der Waals surface area contributed by atoms with Crippen LogP contribution >= 0.6 is 0 Å². The van der Waals surface area contributed by atoms with E-state index in [0.717, 1.165) is 31.5 Å². The molecule has 0 bridgehead atoms. The highest BCUT2D eigenvalue weighted by Gasteiger charge is 2.25. The van der Waals surface area contributed by atoms with Gasteiger partial charge >= 0.3 is 12.0 Å². The molecule has 2 N–H and O–H groups in total. The third-order valence-electron chi connectivity index (χ3n) is 5.23. The quantitative estimate of drug-likeness (QED) is 0.859. The van der Waals surface area contributed by atoms with Gasteiger partial charge in [0.25, 0.3) is 0 Å². The van der Waals surface area contributed by atoms with Crippen LogP contribution in [0.3, 0.4) is 0 Å². The lowest BCUT2D eigenvalue weighted by molar-refractivity contribution is 0.0696. The molecular formula is C19H27N3O3. The lowest BCUT2D eigenvalue weighted by atomic mass is 9.96. The SMILES string of the molecule is O=C(O)c1cccc(CNC(=O)N2CCC(CN3CCCC3)CC2)c1. The minimum absolute atomic E-state index is 0.0552. The van der Waals surface area contributed by atoms with E-state index >= 15 is 0 Å². The summed E-state index contributed by atoms with van der Waals surface area (Å²) in [5.74, 6) is -0.248. The van der Waals surface area contributed by atoms with Crippen LogP contribution in [0.4, 0.5) is 4.79 Å². The topological polar surface area (TPSA) is 72.9 Å². The van der Waals surface area contributed by atoms with Gasteiger partial charge in [-0.25, -0.2) is 9.59 Å². The Balaban J connectivity index is 1.42. The molecule has 2 aliphatic rings. The molecular weight excluding hydrogens is 318 g/mol. The number of hydrogen-bond acceptors (Lipinski definition) is 3. The van der Waals surface area contributed by atoms with Crippen molar-refractivity contribution in [2.45, 2.75) is 32.2 Å². The molecule has 0 aromatic heterocycles. The summed E-state index contributed by atoms with van der Waals surface area (Å²) in [5, 5.41) is 11.9. The third kappa shape index (κ3) is 4.95. The second-order valence-corrected chi connectivity index (χ2v) is 7.10. The van der Waals surface area contributed by atoms with Gasteiger partial charge in [-0.2, -0.15) is 0 Å². The van der Waals surface area contributed by atoms with Crippen molar-refractivity contribution in [3.63, 3.8) is 0 Å². The summed E-state index contributed by atoms with van der Waals surface area (Å²) in [7, 11) is 0. The van der Waals surface area contributed by atoms with Gasteiger partial charge in [0.05, 0.1) is 5.56 Å². The fourth-order valence-corrected chi connectivity index (χ4v) is 3.75. The number of carbonyl (C=O) groups is 2. The van der Waals surface area contributed by atoms with Crippen LogP contribution in [-0.2, 0) is 6.54 Å². The fourth-order valence-electron chi connectivity index (χ4n) is 3.75. The van der Waals surface area contributed by atoms with Crippen LogP contribution in [0.15, 0.2) is 24.3 Å². The smallest absolute Gasteiger partial charge is 0.335 e. The van der Waals surface area contributed by atoms with Crippen molar-refractivity contribution in [3.05, 3.63) is 35.4 Å². The molecule has 6 nitrogen and oxygen atoms in total. The van der Waals surface area contributed by atoms with Crippen molar-refractivity contribution in [3.8, 4) is 0 Å².